The maximum atomic E-state index is 12.4. The van der Waals surface area contributed by atoms with Crippen molar-refractivity contribution in [2.45, 2.75) is 6.42 Å². The van der Waals surface area contributed by atoms with Gasteiger partial charge in [0.05, 0.1) is 18.7 Å². The number of carbonyl (C=O) groups excluding carboxylic acids is 2. The lowest BCUT2D eigenvalue weighted by Gasteiger charge is -2.20. The first-order chi connectivity index (χ1) is 13.7. The normalized spacial score (nSPS) is 13.3. The Morgan fingerprint density at radius 2 is 1.57 bits per heavy atom. The number of anilines is 1. The van der Waals surface area contributed by atoms with Crippen LogP contribution in [0, 0.1) is 0 Å². The Morgan fingerprint density at radius 3 is 2.36 bits per heavy atom. The second-order valence-corrected chi connectivity index (χ2v) is 6.41. The van der Waals surface area contributed by atoms with Gasteiger partial charge >= 0.3 is 5.97 Å². The minimum absolute atomic E-state index is 0.165. The summed E-state index contributed by atoms with van der Waals surface area (Å²) in [5.41, 5.74) is 2.71. The predicted octanol–water partition coefficient (Wildman–Crippen LogP) is 4.07. The van der Waals surface area contributed by atoms with Gasteiger partial charge in [-0.05, 0) is 35.4 Å². The van der Waals surface area contributed by atoms with Crippen LogP contribution in [-0.2, 0) is 9.59 Å². The third-order valence-corrected chi connectivity index (χ3v) is 4.51. The highest BCUT2D eigenvalue weighted by Gasteiger charge is 2.25. The SMILES string of the molecule is O=C(CN1C(=O)CCOc2ccccc21)Oc1ccc(-c2ccccc2)cc1. The monoisotopic (exact) mass is 373 g/mol. The van der Waals surface area contributed by atoms with Gasteiger partial charge in [-0.15, -0.1) is 0 Å². The van der Waals surface area contributed by atoms with Crippen molar-refractivity contribution in [3.63, 3.8) is 0 Å². The van der Waals surface area contributed by atoms with Crippen molar-refractivity contribution in [2.24, 2.45) is 0 Å². The van der Waals surface area contributed by atoms with Gasteiger partial charge in [0.1, 0.15) is 18.0 Å². The van der Waals surface area contributed by atoms with Crippen molar-refractivity contribution in [3.8, 4) is 22.6 Å². The van der Waals surface area contributed by atoms with Crippen LogP contribution in [0.3, 0.4) is 0 Å². The molecule has 3 aromatic carbocycles. The summed E-state index contributed by atoms with van der Waals surface area (Å²) in [4.78, 5) is 26.3. The molecule has 0 aliphatic carbocycles. The van der Waals surface area contributed by atoms with E-state index in [0.29, 0.717) is 23.8 Å². The van der Waals surface area contributed by atoms with Crippen LogP contribution in [0.1, 0.15) is 6.42 Å². The molecule has 0 saturated heterocycles. The molecule has 140 valence electrons. The largest absolute Gasteiger partial charge is 0.491 e. The summed E-state index contributed by atoms with van der Waals surface area (Å²) in [6.07, 6.45) is 0.216. The minimum Gasteiger partial charge on any atom is -0.491 e. The minimum atomic E-state index is -0.502. The lowest BCUT2D eigenvalue weighted by molar-refractivity contribution is -0.134. The van der Waals surface area contributed by atoms with Gasteiger partial charge in [0.2, 0.25) is 5.91 Å². The zero-order chi connectivity index (χ0) is 19.3. The Kier molecular flexibility index (Phi) is 5.06. The number of nitrogens with zero attached hydrogens (tertiary/aromatic N) is 1. The van der Waals surface area contributed by atoms with Crippen LogP contribution in [0.25, 0.3) is 11.1 Å². The van der Waals surface area contributed by atoms with Crippen LogP contribution in [0.4, 0.5) is 5.69 Å². The first-order valence-electron chi connectivity index (χ1n) is 9.09. The zero-order valence-electron chi connectivity index (χ0n) is 15.2. The van der Waals surface area contributed by atoms with Crippen LogP contribution in [0.5, 0.6) is 11.5 Å². The molecule has 1 aliphatic heterocycles. The average molecular weight is 373 g/mol. The van der Waals surface area contributed by atoms with E-state index in [1.807, 2.05) is 48.5 Å². The van der Waals surface area contributed by atoms with Crippen LogP contribution >= 0.6 is 0 Å². The number of rotatable bonds is 4. The molecule has 0 radical (unpaired) electrons. The fourth-order valence-corrected chi connectivity index (χ4v) is 3.13. The fraction of sp³-hybridized carbons (Fsp3) is 0.130. The summed E-state index contributed by atoms with van der Waals surface area (Å²) >= 11 is 0. The highest BCUT2D eigenvalue weighted by molar-refractivity contribution is 5.99. The molecule has 0 aromatic heterocycles. The summed E-state index contributed by atoms with van der Waals surface area (Å²) in [6.45, 7) is 0.127. The topological polar surface area (TPSA) is 55.8 Å². The van der Waals surface area contributed by atoms with Gasteiger partial charge < -0.3 is 9.47 Å². The summed E-state index contributed by atoms with van der Waals surface area (Å²) < 4.78 is 11.0. The smallest absolute Gasteiger partial charge is 0.331 e. The van der Waals surface area contributed by atoms with Gasteiger partial charge in [0.15, 0.2) is 0 Å². The first-order valence-corrected chi connectivity index (χ1v) is 9.09. The first kappa shape index (κ1) is 17.8. The van der Waals surface area contributed by atoms with Crippen LogP contribution in [0.2, 0.25) is 0 Å². The second-order valence-electron chi connectivity index (χ2n) is 6.41. The van der Waals surface area contributed by atoms with E-state index in [2.05, 4.69) is 0 Å². The molecule has 0 N–H and O–H groups in total. The van der Waals surface area contributed by atoms with Crippen LogP contribution in [-0.4, -0.2) is 25.0 Å². The van der Waals surface area contributed by atoms with Gasteiger partial charge in [-0.3, -0.25) is 9.69 Å². The molecule has 0 bridgehead atoms. The Morgan fingerprint density at radius 1 is 0.893 bits per heavy atom. The van der Waals surface area contributed by atoms with E-state index in [1.165, 1.54) is 4.90 Å². The van der Waals surface area contributed by atoms with Crippen molar-refractivity contribution >= 4 is 17.6 Å². The Hall–Kier alpha value is -3.60. The molecule has 0 atom stereocenters. The number of fused-ring (bicyclic) bond motifs is 1. The zero-order valence-corrected chi connectivity index (χ0v) is 15.2. The number of para-hydroxylation sites is 2. The summed E-state index contributed by atoms with van der Waals surface area (Å²) in [6, 6.07) is 24.4. The van der Waals surface area contributed by atoms with Crippen LogP contribution < -0.4 is 14.4 Å². The van der Waals surface area contributed by atoms with E-state index in [-0.39, 0.29) is 18.9 Å². The van der Waals surface area contributed by atoms with Gasteiger partial charge in [-0.1, -0.05) is 54.6 Å². The fourth-order valence-electron chi connectivity index (χ4n) is 3.13. The molecule has 1 amide bonds. The maximum absolute atomic E-state index is 12.4. The number of carbonyl (C=O) groups is 2. The quantitative estimate of drug-likeness (QED) is 0.511. The maximum Gasteiger partial charge on any atom is 0.331 e. The molecule has 0 spiro atoms. The van der Waals surface area contributed by atoms with E-state index in [9.17, 15) is 9.59 Å². The van der Waals surface area contributed by atoms with E-state index in [0.717, 1.165) is 11.1 Å². The number of hydrogen-bond acceptors (Lipinski definition) is 4. The molecule has 1 aliphatic rings. The van der Waals surface area contributed by atoms with Crippen molar-refractivity contribution in [1.82, 2.24) is 0 Å². The third kappa shape index (κ3) is 3.88. The molecular weight excluding hydrogens is 354 g/mol. The number of benzene rings is 3. The molecule has 28 heavy (non-hydrogen) atoms. The standard InChI is InChI=1S/C23H19NO4/c25-22-14-15-27-21-9-5-4-8-20(21)24(22)16-23(26)28-19-12-10-18(11-13-19)17-6-2-1-3-7-17/h1-13H,14-16H2. The molecule has 0 saturated carbocycles. The summed E-state index contributed by atoms with van der Waals surface area (Å²) in [5, 5.41) is 0. The van der Waals surface area contributed by atoms with Crippen molar-refractivity contribution in [1.29, 1.82) is 0 Å². The van der Waals surface area contributed by atoms with E-state index < -0.39 is 5.97 Å². The number of esters is 1. The number of hydrogen-bond donors (Lipinski definition) is 0. The molecular formula is C23H19NO4. The molecule has 0 unspecified atom stereocenters. The molecule has 0 fully saturated rings. The predicted molar refractivity (Wildman–Crippen MR) is 106 cm³/mol. The van der Waals surface area contributed by atoms with Gasteiger partial charge in [-0.2, -0.15) is 0 Å². The summed E-state index contributed by atoms with van der Waals surface area (Å²) in [7, 11) is 0. The second kappa shape index (κ2) is 7.96. The molecule has 5 nitrogen and oxygen atoms in total. The van der Waals surface area contributed by atoms with E-state index in [1.54, 1.807) is 30.3 Å². The van der Waals surface area contributed by atoms with Gasteiger partial charge in [-0.25, -0.2) is 4.79 Å². The lowest BCUT2D eigenvalue weighted by Crippen LogP contribution is -2.37. The van der Waals surface area contributed by atoms with Crippen molar-refractivity contribution < 1.29 is 19.1 Å². The molecule has 5 heteroatoms. The average Bonchev–Trinajstić information content (AvgIpc) is 2.88. The number of ether oxygens (including phenoxy) is 2. The Bertz CT molecular complexity index is 983. The molecule has 4 rings (SSSR count). The van der Waals surface area contributed by atoms with E-state index >= 15 is 0 Å². The van der Waals surface area contributed by atoms with Crippen molar-refractivity contribution in [3.05, 3.63) is 78.9 Å². The third-order valence-electron chi connectivity index (χ3n) is 4.51. The van der Waals surface area contributed by atoms with Crippen molar-refractivity contribution in [2.75, 3.05) is 18.1 Å². The highest BCUT2D eigenvalue weighted by Crippen LogP contribution is 2.31. The van der Waals surface area contributed by atoms with Gasteiger partial charge in [0.25, 0.3) is 0 Å². The Balaban J connectivity index is 1.46. The summed E-state index contributed by atoms with van der Waals surface area (Å²) in [5.74, 6) is 0.365. The highest BCUT2D eigenvalue weighted by atomic mass is 16.5. The Labute approximate surface area is 163 Å². The lowest BCUT2D eigenvalue weighted by atomic mass is 10.1. The molecule has 1 heterocycles. The molecule has 3 aromatic rings. The van der Waals surface area contributed by atoms with Gasteiger partial charge in [0, 0.05) is 0 Å². The van der Waals surface area contributed by atoms with E-state index in [4.69, 9.17) is 9.47 Å². The van der Waals surface area contributed by atoms with Crippen LogP contribution in [0.15, 0.2) is 78.9 Å². The number of amides is 1.